The van der Waals surface area contributed by atoms with E-state index in [0.717, 1.165) is 18.4 Å². The second kappa shape index (κ2) is 5.34. The van der Waals surface area contributed by atoms with Crippen molar-refractivity contribution in [2.45, 2.75) is 6.61 Å². The number of ether oxygens (including phenoxy) is 1. The summed E-state index contributed by atoms with van der Waals surface area (Å²) >= 11 is 0. The molecule has 0 aliphatic carbocycles. The van der Waals surface area contributed by atoms with Crippen LogP contribution in [0, 0.1) is 5.82 Å². The molecule has 0 unspecified atom stereocenters. The Morgan fingerprint density at radius 3 is 2.79 bits per heavy atom. The predicted octanol–water partition coefficient (Wildman–Crippen LogP) is 2.51. The van der Waals surface area contributed by atoms with Gasteiger partial charge in [0.1, 0.15) is 36.5 Å². The van der Waals surface area contributed by atoms with Gasteiger partial charge in [0, 0.05) is 11.6 Å². The molecule has 0 radical (unpaired) electrons. The van der Waals surface area contributed by atoms with Crippen molar-refractivity contribution in [1.29, 1.82) is 0 Å². The number of carboxylic acids is 1. The highest BCUT2D eigenvalue weighted by Crippen LogP contribution is 2.17. The molecule has 0 spiro atoms. The first-order chi connectivity index (χ1) is 9.08. The van der Waals surface area contributed by atoms with E-state index in [-0.39, 0.29) is 29.2 Å². The van der Waals surface area contributed by atoms with Gasteiger partial charge in [0.15, 0.2) is 0 Å². The van der Waals surface area contributed by atoms with Crippen molar-refractivity contribution in [3.8, 4) is 5.75 Å². The van der Waals surface area contributed by atoms with E-state index in [2.05, 4.69) is 0 Å². The standard InChI is InChI=1S/C13H9FO5/c14-10-1-8(5-15)2-11(4-10)19-7-12-3-9(6-18-12)13(16)17/h1-6H,7H2,(H,16,17). The van der Waals surface area contributed by atoms with Crippen LogP contribution >= 0.6 is 0 Å². The zero-order chi connectivity index (χ0) is 13.8. The first-order valence-electron chi connectivity index (χ1n) is 5.28. The lowest BCUT2D eigenvalue weighted by Crippen LogP contribution is -1.96. The molecule has 1 aromatic carbocycles. The Morgan fingerprint density at radius 1 is 1.37 bits per heavy atom. The minimum atomic E-state index is -1.11. The molecule has 2 rings (SSSR count). The average Bonchev–Trinajstić information content (AvgIpc) is 2.84. The van der Waals surface area contributed by atoms with E-state index in [1.165, 1.54) is 12.1 Å². The summed E-state index contributed by atoms with van der Waals surface area (Å²) in [5.74, 6) is -1.25. The maximum absolute atomic E-state index is 13.1. The molecule has 5 nitrogen and oxygen atoms in total. The van der Waals surface area contributed by atoms with Crippen LogP contribution in [-0.4, -0.2) is 17.4 Å². The summed E-state index contributed by atoms with van der Waals surface area (Å²) in [6.07, 6.45) is 1.59. The topological polar surface area (TPSA) is 76.7 Å². The zero-order valence-electron chi connectivity index (χ0n) is 9.63. The number of furan rings is 1. The van der Waals surface area contributed by atoms with E-state index >= 15 is 0 Å². The van der Waals surface area contributed by atoms with Crippen molar-refractivity contribution < 1.29 is 28.2 Å². The molecule has 0 saturated carbocycles. The molecule has 19 heavy (non-hydrogen) atoms. The Kier molecular flexibility index (Phi) is 3.61. The molecule has 0 fully saturated rings. The Bertz CT molecular complexity index is 617. The number of carbonyl (C=O) groups excluding carboxylic acids is 1. The van der Waals surface area contributed by atoms with Gasteiger partial charge in [0.05, 0.1) is 5.56 Å². The molecule has 0 amide bonds. The number of carbonyl (C=O) groups is 2. The number of hydrogen-bond donors (Lipinski definition) is 1. The third-order valence-corrected chi connectivity index (χ3v) is 2.31. The van der Waals surface area contributed by atoms with Crippen LogP contribution in [0.25, 0.3) is 0 Å². The van der Waals surface area contributed by atoms with Crippen molar-refractivity contribution in [2.24, 2.45) is 0 Å². The fourth-order valence-corrected chi connectivity index (χ4v) is 1.46. The summed E-state index contributed by atoms with van der Waals surface area (Å²) in [7, 11) is 0. The number of hydrogen-bond acceptors (Lipinski definition) is 4. The molecule has 0 bridgehead atoms. The molecule has 0 aliphatic rings. The van der Waals surface area contributed by atoms with E-state index in [4.69, 9.17) is 14.3 Å². The van der Waals surface area contributed by atoms with E-state index in [0.29, 0.717) is 6.29 Å². The van der Waals surface area contributed by atoms with Crippen molar-refractivity contribution in [2.75, 3.05) is 0 Å². The first kappa shape index (κ1) is 12.8. The number of aldehydes is 1. The highest BCUT2D eigenvalue weighted by Gasteiger charge is 2.09. The summed E-state index contributed by atoms with van der Waals surface area (Å²) < 4.78 is 23.3. The Balaban J connectivity index is 2.07. The number of benzene rings is 1. The summed E-state index contributed by atoms with van der Waals surface area (Å²) in [5, 5.41) is 8.70. The molecular formula is C13H9FO5. The molecule has 1 N–H and O–H groups in total. The smallest absolute Gasteiger partial charge is 0.338 e. The van der Waals surface area contributed by atoms with E-state index in [9.17, 15) is 14.0 Å². The van der Waals surface area contributed by atoms with Gasteiger partial charge >= 0.3 is 5.97 Å². The van der Waals surface area contributed by atoms with Gasteiger partial charge in [-0.15, -0.1) is 0 Å². The molecule has 2 aromatic rings. The van der Waals surface area contributed by atoms with Crippen molar-refractivity contribution >= 4 is 12.3 Å². The lowest BCUT2D eigenvalue weighted by molar-refractivity contribution is 0.0696. The maximum Gasteiger partial charge on any atom is 0.338 e. The highest BCUT2D eigenvalue weighted by atomic mass is 19.1. The molecule has 0 aliphatic heterocycles. The largest absolute Gasteiger partial charge is 0.486 e. The molecule has 6 heteroatoms. The van der Waals surface area contributed by atoms with Crippen LogP contribution in [0.15, 0.2) is 34.9 Å². The van der Waals surface area contributed by atoms with Gasteiger partial charge in [-0.3, -0.25) is 4.79 Å². The molecule has 1 heterocycles. The summed E-state index contributed by atoms with van der Waals surface area (Å²) in [5.41, 5.74) is 0.159. The summed E-state index contributed by atoms with van der Waals surface area (Å²) in [6, 6.07) is 4.88. The van der Waals surface area contributed by atoms with E-state index < -0.39 is 11.8 Å². The van der Waals surface area contributed by atoms with Gasteiger partial charge in [-0.2, -0.15) is 0 Å². The van der Waals surface area contributed by atoms with Crippen LogP contribution in [0.1, 0.15) is 26.5 Å². The van der Waals surface area contributed by atoms with Gasteiger partial charge in [-0.25, -0.2) is 9.18 Å². The number of aromatic carboxylic acids is 1. The molecular weight excluding hydrogens is 255 g/mol. The van der Waals surface area contributed by atoms with Gasteiger partial charge in [0.25, 0.3) is 0 Å². The Labute approximate surface area is 107 Å². The Morgan fingerprint density at radius 2 is 2.16 bits per heavy atom. The van der Waals surface area contributed by atoms with E-state index in [1.807, 2.05) is 0 Å². The average molecular weight is 264 g/mol. The number of halogens is 1. The van der Waals surface area contributed by atoms with Gasteiger partial charge in [-0.05, 0) is 18.2 Å². The first-order valence-corrected chi connectivity index (χ1v) is 5.28. The second-order valence-corrected chi connectivity index (χ2v) is 3.73. The van der Waals surface area contributed by atoms with Crippen molar-refractivity contribution in [1.82, 2.24) is 0 Å². The van der Waals surface area contributed by atoms with Crippen LogP contribution in [0.2, 0.25) is 0 Å². The van der Waals surface area contributed by atoms with Crippen molar-refractivity contribution in [3.63, 3.8) is 0 Å². The van der Waals surface area contributed by atoms with E-state index in [1.54, 1.807) is 0 Å². The van der Waals surface area contributed by atoms with Crippen molar-refractivity contribution in [3.05, 3.63) is 53.2 Å². The molecule has 0 saturated heterocycles. The van der Waals surface area contributed by atoms with Crippen LogP contribution < -0.4 is 4.74 Å². The normalized spacial score (nSPS) is 10.2. The zero-order valence-corrected chi connectivity index (χ0v) is 9.63. The maximum atomic E-state index is 13.1. The number of carboxylic acid groups (broad SMARTS) is 1. The second-order valence-electron chi connectivity index (χ2n) is 3.73. The van der Waals surface area contributed by atoms with Crippen LogP contribution in [0.4, 0.5) is 4.39 Å². The molecule has 98 valence electrons. The quantitative estimate of drug-likeness (QED) is 0.839. The summed E-state index contributed by atoms with van der Waals surface area (Å²) in [6.45, 7) is -0.0605. The lowest BCUT2D eigenvalue weighted by atomic mass is 10.2. The SMILES string of the molecule is O=Cc1cc(F)cc(OCc2cc(C(=O)O)co2)c1. The monoisotopic (exact) mass is 264 g/mol. The molecule has 0 atom stereocenters. The lowest BCUT2D eigenvalue weighted by Gasteiger charge is -2.04. The molecule has 1 aromatic heterocycles. The van der Waals surface area contributed by atoms with Gasteiger partial charge in [-0.1, -0.05) is 0 Å². The van der Waals surface area contributed by atoms with Gasteiger partial charge < -0.3 is 14.3 Å². The van der Waals surface area contributed by atoms with Crippen LogP contribution in [-0.2, 0) is 6.61 Å². The van der Waals surface area contributed by atoms with Gasteiger partial charge in [0.2, 0.25) is 0 Å². The third kappa shape index (κ3) is 3.19. The van der Waals surface area contributed by atoms with Crippen LogP contribution in [0.5, 0.6) is 5.75 Å². The predicted molar refractivity (Wildman–Crippen MR) is 61.8 cm³/mol. The highest BCUT2D eigenvalue weighted by molar-refractivity contribution is 5.87. The Hall–Kier alpha value is -2.63. The third-order valence-electron chi connectivity index (χ3n) is 2.31. The fraction of sp³-hybridized carbons (Fsp3) is 0.0769. The summed E-state index contributed by atoms with van der Waals surface area (Å²) in [4.78, 5) is 21.2. The van der Waals surface area contributed by atoms with Crippen LogP contribution in [0.3, 0.4) is 0 Å². The number of rotatable bonds is 5. The minimum Gasteiger partial charge on any atom is -0.486 e. The minimum absolute atomic E-state index is 0.00595. The fourth-order valence-electron chi connectivity index (χ4n) is 1.46.